The van der Waals surface area contributed by atoms with Gasteiger partial charge in [-0.15, -0.1) is 0 Å². The Labute approximate surface area is 101 Å². The molecule has 2 unspecified atom stereocenters. The highest BCUT2D eigenvalue weighted by atomic mass is 16.3. The fourth-order valence-electron chi connectivity index (χ4n) is 2.85. The van der Waals surface area contributed by atoms with Crippen molar-refractivity contribution in [2.24, 2.45) is 11.3 Å². The molecule has 16 heavy (non-hydrogen) atoms. The second-order valence-electron chi connectivity index (χ2n) is 6.46. The van der Waals surface area contributed by atoms with E-state index >= 15 is 0 Å². The van der Waals surface area contributed by atoms with Gasteiger partial charge in [-0.25, -0.2) is 0 Å². The third-order valence-electron chi connectivity index (χ3n) is 3.92. The molecule has 0 radical (unpaired) electrons. The quantitative estimate of drug-likeness (QED) is 0.757. The van der Waals surface area contributed by atoms with Gasteiger partial charge in [-0.3, -0.25) is 0 Å². The van der Waals surface area contributed by atoms with Crippen molar-refractivity contribution in [2.45, 2.75) is 71.9 Å². The molecule has 1 fully saturated rings. The molecule has 0 aliphatic heterocycles. The molecule has 1 aliphatic rings. The highest BCUT2D eigenvalue weighted by Gasteiger charge is 2.33. The van der Waals surface area contributed by atoms with Crippen molar-refractivity contribution in [2.75, 3.05) is 6.61 Å². The minimum Gasteiger partial charge on any atom is -0.395 e. The van der Waals surface area contributed by atoms with Crippen molar-refractivity contribution in [1.29, 1.82) is 0 Å². The predicted octanol–water partition coefficient (Wildman–Crippen LogP) is 2.95. The van der Waals surface area contributed by atoms with Crippen molar-refractivity contribution < 1.29 is 5.11 Å². The SMILES string of the molecule is CC(C)CC(CO)NC1CCCCC1(C)C. The fourth-order valence-corrected chi connectivity index (χ4v) is 2.85. The predicted molar refractivity (Wildman–Crippen MR) is 69.5 cm³/mol. The van der Waals surface area contributed by atoms with Gasteiger partial charge in [0.1, 0.15) is 0 Å². The zero-order valence-corrected chi connectivity index (χ0v) is 11.4. The molecule has 0 amide bonds. The van der Waals surface area contributed by atoms with E-state index in [1.807, 2.05) is 0 Å². The summed E-state index contributed by atoms with van der Waals surface area (Å²) < 4.78 is 0. The monoisotopic (exact) mass is 227 g/mol. The van der Waals surface area contributed by atoms with Crippen LogP contribution in [0.4, 0.5) is 0 Å². The van der Waals surface area contributed by atoms with Crippen molar-refractivity contribution >= 4 is 0 Å². The maximum absolute atomic E-state index is 9.41. The molecular weight excluding hydrogens is 198 g/mol. The first kappa shape index (κ1) is 14.0. The summed E-state index contributed by atoms with van der Waals surface area (Å²) in [5, 5.41) is 13.1. The van der Waals surface area contributed by atoms with Gasteiger partial charge >= 0.3 is 0 Å². The van der Waals surface area contributed by atoms with Gasteiger partial charge in [0.15, 0.2) is 0 Å². The van der Waals surface area contributed by atoms with E-state index < -0.39 is 0 Å². The Morgan fingerprint density at radius 1 is 1.31 bits per heavy atom. The van der Waals surface area contributed by atoms with Gasteiger partial charge in [-0.05, 0) is 30.6 Å². The summed E-state index contributed by atoms with van der Waals surface area (Å²) in [6.45, 7) is 9.42. The lowest BCUT2D eigenvalue weighted by Crippen LogP contribution is -2.50. The van der Waals surface area contributed by atoms with Crippen LogP contribution in [0.25, 0.3) is 0 Å². The molecule has 1 rings (SSSR count). The van der Waals surface area contributed by atoms with Crippen LogP contribution in [0, 0.1) is 11.3 Å². The molecule has 2 heteroatoms. The standard InChI is InChI=1S/C14H29NO/c1-11(2)9-12(10-16)15-13-7-5-6-8-14(13,3)4/h11-13,15-16H,5-10H2,1-4H3. The Balaban J connectivity index is 2.49. The summed E-state index contributed by atoms with van der Waals surface area (Å²) in [7, 11) is 0. The number of aliphatic hydroxyl groups is 1. The Morgan fingerprint density at radius 2 is 2.00 bits per heavy atom. The number of nitrogens with one attached hydrogen (secondary N) is 1. The van der Waals surface area contributed by atoms with Crippen LogP contribution >= 0.6 is 0 Å². The van der Waals surface area contributed by atoms with Crippen LogP contribution in [0.1, 0.15) is 59.8 Å². The minimum absolute atomic E-state index is 0.269. The maximum atomic E-state index is 9.41. The molecule has 1 aliphatic carbocycles. The molecule has 96 valence electrons. The van der Waals surface area contributed by atoms with E-state index in [9.17, 15) is 5.11 Å². The Bertz CT molecular complexity index is 201. The minimum atomic E-state index is 0.269. The van der Waals surface area contributed by atoms with E-state index in [0.29, 0.717) is 17.4 Å². The van der Waals surface area contributed by atoms with Gasteiger partial charge in [0, 0.05) is 12.1 Å². The van der Waals surface area contributed by atoms with Crippen LogP contribution in [0.2, 0.25) is 0 Å². The van der Waals surface area contributed by atoms with E-state index in [1.165, 1.54) is 25.7 Å². The number of hydrogen-bond donors (Lipinski definition) is 2. The molecule has 0 spiro atoms. The summed E-state index contributed by atoms with van der Waals surface area (Å²) in [6, 6.07) is 0.861. The largest absolute Gasteiger partial charge is 0.395 e. The van der Waals surface area contributed by atoms with E-state index in [1.54, 1.807) is 0 Å². The van der Waals surface area contributed by atoms with Crippen LogP contribution in [0.15, 0.2) is 0 Å². The Kier molecular flexibility index (Phi) is 5.26. The van der Waals surface area contributed by atoms with Crippen molar-refractivity contribution in [3.05, 3.63) is 0 Å². The normalized spacial score (nSPS) is 27.0. The van der Waals surface area contributed by atoms with E-state index in [0.717, 1.165) is 6.42 Å². The first-order valence-corrected chi connectivity index (χ1v) is 6.82. The molecule has 0 saturated heterocycles. The lowest BCUT2D eigenvalue weighted by molar-refractivity contribution is 0.128. The highest BCUT2D eigenvalue weighted by molar-refractivity contribution is 4.89. The van der Waals surface area contributed by atoms with Gasteiger partial charge < -0.3 is 10.4 Å². The molecule has 0 heterocycles. The van der Waals surface area contributed by atoms with Crippen molar-refractivity contribution in [1.82, 2.24) is 5.32 Å². The Hall–Kier alpha value is -0.0800. The lowest BCUT2D eigenvalue weighted by Gasteiger charge is -2.41. The summed E-state index contributed by atoms with van der Waals surface area (Å²) in [5.41, 5.74) is 0.392. The van der Waals surface area contributed by atoms with Crippen LogP contribution in [0.5, 0.6) is 0 Å². The fraction of sp³-hybridized carbons (Fsp3) is 1.00. The van der Waals surface area contributed by atoms with Crippen molar-refractivity contribution in [3.63, 3.8) is 0 Å². The second kappa shape index (κ2) is 6.02. The van der Waals surface area contributed by atoms with Crippen LogP contribution in [0.3, 0.4) is 0 Å². The average molecular weight is 227 g/mol. The molecule has 0 aromatic rings. The summed E-state index contributed by atoms with van der Waals surface area (Å²) in [5.74, 6) is 0.649. The van der Waals surface area contributed by atoms with Gasteiger partial charge in [-0.2, -0.15) is 0 Å². The molecule has 2 N–H and O–H groups in total. The molecule has 0 aromatic heterocycles. The summed E-state index contributed by atoms with van der Waals surface area (Å²) in [4.78, 5) is 0. The molecule has 1 saturated carbocycles. The first-order chi connectivity index (χ1) is 7.45. The number of aliphatic hydroxyl groups excluding tert-OH is 1. The third-order valence-corrected chi connectivity index (χ3v) is 3.92. The number of rotatable bonds is 5. The molecule has 2 atom stereocenters. The van der Waals surface area contributed by atoms with Gasteiger partial charge in [0.25, 0.3) is 0 Å². The summed E-state index contributed by atoms with van der Waals surface area (Å²) >= 11 is 0. The lowest BCUT2D eigenvalue weighted by atomic mass is 9.73. The molecule has 2 nitrogen and oxygen atoms in total. The van der Waals surface area contributed by atoms with E-state index in [4.69, 9.17) is 0 Å². The molecule has 0 aromatic carbocycles. The van der Waals surface area contributed by atoms with Gasteiger partial charge in [0.05, 0.1) is 6.61 Å². The van der Waals surface area contributed by atoms with E-state index in [2.05, 4.69) is 33.0 Å². The first-order valence-electron chi connectivity index (χ1n) is 6.82. The van der Waals surface area contributed by atoms with E-state index in [-0.39, 0.29) is 12.6 Å². The van der Waals surface area contributed by atoms with Gasteiger partial charge in [0.2, 0.25) is 0 Å². The second-order valence-corrected chi connectivity index (χ2v) is 6.46. The summed E-state index contributed by atoms with van der Waals surface area (Å²) in [6.07, 6.45) is 6.34. The molecular formula is C14H29NO. The zero-order valence-electron chi connectivity index (χ0n) is 11.4. The van der Waals surface area contributed by atoms with Crippen LogP contribution in [-0.2, 0) is 0 Å². The topological polar surface area (TPSA) is 32.3 Å². The van der Waals surface area contributed by atoms with Crippen LogP contribution < -0.4 is 5.32 Å². The zero-order chi connectivity index (χ0) is 12.2. The smallest absolute Gasteiger partial charge is 0.0584 e. The van der Waals surface area contributed by atoms with Crippen molar-refractivity contribution in [3.8, 4) is 0 Å². The van der Waals surface area contributed by atoms with Crippen LogP contribution in [-0.4, -0.2) is 23.8 Å². The molecule has 0 bridgehead atoms. The highest BCUT2D eigenvalue weighted by Crippen LogP contribution is 2.35. The number of hydrogen-bond acceptors (Lipinski definition) is 2. The third kappa shape index (κ3) is 4.06. The average Bonchev–Trinajstić information content (AvgIpc) is 2.19. The van der Waals surface area contributed by atoms with Gasteiger partial charge in [-0.1, -0.05) is 40.5 Å². The Morgan fingerprint density at radius 3 is 2.50 bits per heavy atom. The maximum Gasteiger partial charge on any atom is 0.0584 e.